The third-order valence-electron chi connectivity index (χ3n) is 5.07. The third-order valence-corrected chi connectivity index (χ3v) is 5.07. The molecule has 0 unspecified atom stereocenters. The zero-order chi connectivity index (χ0) is 17.1. The molecule has 0 bridgehead atoms. The summed E-state index contributed by atoms with van der Waals surface area (Å²) >= 11 is 0. The van der Waals surface area contributed by atoms with Crippen molar-refractivity contribution < 1.29 is 0 Å². The number of hydrogen-bond acceptors (Lipinski definition) is 3. The summed E-state index contributed by atoms with van der Waals surface area (Å²) < 4.78 is 2.34. The van der Waals surface area contributed by atoms with Crippen LogP contribution in [-0.2, 0) is 32.5 Å². The number of aryl methyl sites for hydroxylation is 3. The van der Waals surface area contributed by atoms with Crippen molar-refractivity contribution in [2.45, 2.75) is 39.4 Å². The van der Waals surface area contributed by atoms with Crippen molar-refractivity contribution in [1.82, 2.24) is 19.4 Å². The molecule has 0 saturated carbocycles. The highest BCUT2D eigenvalue weighted by Gasteiger charge is 2.21. The molecule has 0 spiro atoms. The minimum Gasteiger partial charge on any atom is -0.334 e. The number of pyridine rings is 1. The fourth-order valence-electron chi connectivity index (χ4n) is 3.57. The molecular weight excluding hydrogens is 308 g/mol. The van der Waals surface area contributed by atoms with E-state index in [1.165, 1.54) is 22.5 Å². The average molecular weight is 332 g/mol. The Morgan fingerprint density at radius 3 is 2.76 bits per heavy atom. The zero-order valence-corrected chi connectivity index (χ0v) is 14.7. The van der Waals surface area contributed by atoms with Gasteiger partial charge in [0.1, 0.15) is 0 Å². The van der Waals surface area contributed by atoms with E-state index in [-0.39, 0.29) is 0 Å². The van der Waals surface area contributed by atoms with Gasteiger partial charge in [-0.15, -0.1) is 0 Å². The fraction of sp³-hybridized carbons (Fsp3) is 0.333. The number of hydrogen-bond donors (Lipinski definition) is 0. The molecule has 3 heterocycles. The van der Waals surface area contributed by atoms with Gasteiger partial charge in [0.15, 0.2) is 0 Å². The molecule has 25 heavy (non-hydrogen) atoms. The van der Waals surface area contributed by atoms with Gasteiger partial charge in [-0.25, -0.2) is 4.98 Å². The van der Waals surface area contributed by atoms with Crippen LogP contribution in [0.2, 0.25) is 0 Å². The minimum atomic E-state index is 0.933. The molecule has 0 radical (unpaired) electrons. The first kappa shape index (κ1) is 16.0. The van der Waals surface area contributed by atoms with Crippen LogP contribution in [-0.4, -0.2) is 26.0 Å². The van der Waals surface area contributed by atoms with E-state index >= 15 is 0 Å². The molecule has 1 aromatic carbocycles. The van der Waals surface area contributed by atoms with E-state index in [9.17, 15) is 0 Å². The van der Waals surface area contributed by atoms with Crippen LogP contribution in [0.3, 0.4) is 0 Å². The number of rotatable bonds is 5. The van der Waals surface area contributed by atoms with Crippen LogP contribution in [0.1, 0.15) is 28.2 Å². The highest BCUT2D eigenvalue weighted by molar-refractivity contribution is 5.21. The van der Waals surface area contributed by atoms with Crippen molar-refractivity contribution in [2.75, 3.05) is 6.54 Å². The molecule has 1 aliphatic rings. The first-order chi connectivity index (χ1) is 12.3. The molecule has 4 rings (SSSR count). The van der Waals surface area contributed by atoms with Crippen LogP contribution in [0.15, 0.2) is 55.0 Å². The monoisotopic (exact) mass is 332 g/mol. The lowest BCUT2D eigenvalue weighted by atomic mass is 10.1. The summed E-state index contributed by atoms with van der Waals surface area (Å²) in [6, 6.07) is 14.9. The van der Waals surface area contributed by atoms with E-state index in [4.69, 9.17) is 0 Å². The molecule has 0 saturated heterocycles. The lowest BCUT2D eigenvalue weighted by Crippen LogP contribution is -2.31. The Morgan fingerprint density at radius 1 is 1.04 bits per heavy atom. The van der Waals surface area contributed by atoms with E-state index < -0.39 is 0 Å². The van der Waals surface area contributed by atoms with Gasteiger partial charge in [-0.2, -0.15) is 0 Å². The van der Waals surface area contributed by atoms with Gasteiger partial charge < -0.3 is 4.57 Å². The Hall–Kier alpha value is -2.46. The summed E-state index contributed by atoms with van der Waals surface area (Å²) in [6.07, 6.45) is 6.01. The Morgan fingerprint density at radius 2 is 1.92 bits per heavy atom. The predicted octanol–water partition coefficient (Wildman–Crippen LogP) is 3.39. The molecule has 0 amide bonds. The Labute approximate surface area is 149 Å². The van der Waals surface area contributed by atoms with Crippen LogP contribution < -0.4 is 0 Å². The lowest BCUT2D eigenvalue weighted by Gasteiger charge is -2.27. The van der Waals surface area contributed by atoms with Crippen LogP contribution in [0.4, 0.5) is 0 Å². The zero-order valence-electron chi connectivity index (χ0n) is 14.7. The molecule has 4 nitrogen and oxygen atoms in total. The second-order valence-corrected chi connectivity index (χ2v) is 6.78. The van der Waals surface area contributed by atoms with Crippen molar-refractivity contribution in [3.63, 3.8) is 0 Å². The first-order valence-electron chi connectivity index (χ1n) is 8.99. The van der Waals surface area contributed by atoms with Crippen molar-refractivity contribution in [2.24, 2.45) is 0 Å². The molecular formula is C21H24N4. The number of nitrogens with zero attached hydrogens (tertiary/aromatic N) is 4. The van der Waals surface area contributed by atoms with Gasteiger partial charge in [-0.1, -0.05) is 36.4 Å². The molecule has 1 aliphatic heterocycles. The fourth-order valence-corrected chi connectivity index (χ4v) is 3.57. The van der Waals surface area contributed by atoms with E-state index in [0.29, 0.717) is 0 Å². The standard InChI is InChI=1S/C21H24N4/c1-17-19(8-5-11-22-17)14-24-12-10-21-20(15-24)23-16-25(21)13-9-18-6-3-2-4-7-18/h2-8,11,16H,9-10,12-15H2,1H3. The summed E-state index contributed by atoms with van der Waals surface area (Å²) in [5, 5.41) is 0. The minimum absolute atomic E-state index is 0.933. The Bertz CT molecular complexity index is 838. The van der Waals surface area contributed by atoms with Crippen molar-refractivity contribution in [3.05, 3.63) is 83.2 Å². The second kappa shape index (κ2) is 7.19. The summed E-state index contributed by atoms with van der Waals surface area (Å²) in [7, 11) is 0. The maximum absolute atomic E-state index is 4.69. The maximum atomic E-state index is 4.69. The van der Waals surface area contributed by atoms with Crippen molar-refractivity contribution in [3.8, 4) is 0 Å². The van der Waals surface area contributed by atoms with Gasteiger partial charge in [0.2, 0.25) is 0 Å². The van der Waals surface area contributed by atoms with E-state index in [2.05, 4.69) is 62.8 Å². The molecule has 0 N–H and O–H groups in total. The molecule has 0 fully saturated rings. The molecule has 0 atom stereocenters. The number of aromatic nitrogens is 3. The summed E-state index contributed by atoms with van der Waals surface area (Å²) in [5.74, 6) is 0. The normalized spacial score (nSPS) is 14.4. The Kier molecular flexibility index (Phi) is 4.61. The van der Waals surface area contributed by atoms with Crippen molar-refractivity contribution in [1.29, 1.82) is 0 Å². The third kappa shape index (κ3) is 3.64. The van der Waals surface area contributed by atoms with Gasteiger partial charge in [-0.05, 0) is 30.5 Å². The van der Waals surface area contributed by atoms with Gasteiger partial charge in [-0.3, -0.25) is 9.88 Å². The highest BCUT2D eigenvalue weighted by Crippen LogP contribution is 2.20. The molecule has 0 aliphatic carbocycles. The summed E-state index contributed by atoms with van der Waals surface area (Å²) in [4.78, 5) is 11.6. The smallest absolute Gasteiger partial charge is 0.0952 e. The predicted molar refractivity (Wildman–Crippen MR) is 99.2 cm³/mol. The molecule has 4 heteroatoms. The Balaban J connectivity index is 1.41. The van der Waals surface area contributed by atoms with Crippen LogP contribution >= 0.6 is 0 Å². The average Bonchev–Trinajstić information content (AvgIpc) is 3.05. The molecule has 128 valence electrons. The second-order valence-electron chi connectivity index (χ2n) is 6.78. The van der Waals surface area contributed by atoms with Gasteiger partial charge >= 0.3 is 0 Å². The number of fused-ring (bicyclic) bond motifs is 1. The quantitative estimate of drug-likeness (QED) is 0.718. The van der Waals surface area contributed by atoms with Crippen LogP contribution in [0, 0.1) is 6.92 Å². The lowest BCUT2D eigenvalue weighted by molar-refractivity contribution is 0.238. The van der Waals surface area contributed by atoms with Crippen LogP contribution in [0.25, 0.3) is 0 Å². The van der Waals surface area contributed by atoms with E-state index in [1.54, 1.807) is 0 Å². The summed E-state index contributed by atoms with van der Waals surface area (Å²) in [5.41, 5.74) is 6.47. The summed E-state index contributed by atoms with van der Waals surface area (Å²) in [6.45, 7) is 6.06. The van der Waals surface area contributed by atoms with E-state index in [1.807, 2.05) is 18.6 Å². The van der Waals surface area contributed by atoms with Gasteiger partial charge in [0, 0.05) is 50.2 Å². The van der Waals surface area contributed by atoms with E-state index in [0.717, 1.165) is 44.7 Å². The maximum Gasteiger partial charge on any atom is 0.0952 e. The highest BCUT2D eigenvalue weighted by atomic mass is 15.2. The SMILES string of the molecule is Cc1ncccc1CN1CCc2c(ncn2CCc2ccccc2)C1. The topological polar surface area (TPSA) is 34.0 Å². The van der Waals surface area contributed by atoms with Gasteiger partial charge in [0.05, 0.1) is 12.0 Å². The van der Waals surface area contributed by atoms with Crippen LogP contribution in [0.5, 0.6) is 0 Å². The largest absolute Gasteiger partial charge is 0.334 e. The molecule has 3 aromatic rings. The van der Waals surface area contributed by atoms with Gasteiger partial charge in [0.25, 0.3) is 0 Å². The number of imidazole rings is 1. The number of benzene rings is 1. The molecule has 2 aromatic heterocycles. The van der Waals surface area contributed by atoms with Crippen molar-refractivity contribution >= 4 is 0 Å². The first-order valence-corrected chi connectivity index (χ1v) is 8.99.